The van der Waals surface area contributed by atoms with Crippen molar-refractivity contribution >= 4 is 22.9 Å². The van der Waals surface area contributed by atoms with E-state index in [4.69, 9.17) is 4.98 Å². The van der Waals surface area contributed by atoms with Crippen LogP contribution >= 0.6 is 11.3 Å². The number of rotatable bonds is 5. The van der Waals surface area contributed by atoms with Crippen molar-refractivity contribution in [3.63, 3.8) is 0 Å². The fraction of sp³-hybridized carbons (Fsp3) is 0.160. The first-order valence-corrected chi connectivity index (χ1v) is 10.9. The highest BCUT2D eigenvalue weighted by atomic mass is 32.1. The molecular weight excluding hydrogens is 406 g/mol. The van der Waals surface area contributed by atoms with Crippen LogP contribution in [-0.2, 0) is 11.3 Å². The van der Waals surface area contributed by atoms with Gasteiger partial charge in [0.2, 0.25) is 5.91 Å². The van der Waals surface area contributed by atoms with E-state index in [0.717, 1.165) is 38.9 Å². The molecule has 156 valence electrons. The quantitative estimate of drug-likeness (QED) is 0.474. The van der Waals surface area contributed by atoms with Crippen molar-refractivity contribution < 1.29 is 4.79 Å². The molecule has 0 fully saturated rings. The van der Waals surface area contributed by atoms with Crippen molar-refractivity contribution in [1.82, 2.24) is 9.55 Å². The predicted molar refractivity (Wildman–Crippen MR) is 127 cm³/mol. The zero-order valence-corrected chi connectivity index (χ0v) is 18.5. The van der Waals surface area contributed by atoms with Crippen LogP contribution in [-0.4, -0.2) is 15.5 Å². The van der Waals surface area contributed by atoms with Crippen LogP contribution in [0.2, 0.25) is 0 Å². The molecule has 0 aliphatic rings. The Bertz CT molecular complexity index is 1280. The minimum Gasteiger partial charge on any atom is -0.340 e. The van der Waals surface area contributed by atoms with Crippen LogP contribution in [0.25, 0.3) is 21.8 Å². The summed E-state index contributed by atoms with van der Waals surface area (Å²) in [6.07, 6.45) is 0. The molecule has 0 atom stereocenters. The zero-order valence-electron chi connectivity index (χ0n) is 17.7. The van der Waals surface area contributed by atoms with Crippen LogP contribution < -0.4 is 10.7 Å². The normalized spacial score (nSPS) is 10.8. The maximum Gasteiger partial charge on any atom is 0.244 e. The van der Waals surface area contributed by atoms with Gasteiger partial charge in [0, 0.05) is 45.7 Å². The predicted octanol–water partition coefficient (Wildman–Crippen LogP) is 5.20. The number of carbonyl (C=O) groups is 1. The standard InChI is InChI=1S/C25H23N3O2S/c1-16-6-4-5-7-22(16)25-27-23(15-31-25)19-8-10-20(11-9-19)26-24(30)14-28-17(2)12-21(29)13-18(28)3/h4-13,15H,14H2,1-3H3,(H,26,30). The molecule has 6 heteroatoms. The molecular formula is C25H23N3O2S. The lowest BCUT2D eigenvalue weighted by Gasteiger charge is -2.14. The molecule has 2 aromatic carbocycles. The van der Waals surface area contributed by atoms with Crippen LogP contribution in [0.1, 0.15) is 17.0 Å². The minimum absolute atomic E-state index is 0.0464. The molecule has 0 saturated carbocycles. The Morgan fingerprint density at radius 3 is 2.35 bits per heavy atom. The van der Waals surface area contributed by atoms with Crippen LogP contribution in [0.4, 0.5) is 5.69 Å². The topological polar surface area (TPSA) is 64.0 Å². The molecule has 0 bridgehead atoms. The molecule has 1 amide bonds. The Morgan fingerprint density at radius 2 is 1.68 bits per heavy atom. The Labute approximate surface area is 185 Å². The highest BCUT2D eigenvalue weighted by Gasteiger charge is 2.10. The number of pyridine rings is 1. The lowest BCUT2D eigenvalue weighted by Crippen LogP contribution is -2.23. The maximum atomic E-state index is 12.5. The third-order valence-corrected chi connectivity index (χ3v) is 6.08. The van der Waals surface area contributed by atoms with Gasteiger partial charge in [0.15, 0.2) is 5.43 Å². The van der Waals surface area contributed by atoms with E-state index in [1.165, 1.54) is 17.7 Å². The van der Waals surface area contributed by atoms with E-state index in [1.807, 2.05) is 54.8 Å². The first-order chi connectivity index (χ1) is 14.9. The molecule has 0 spiro atoms. The molecule has 2 aromatic heterocycles. The van der Waals surface area contributed by atoms with Gasteiger partial charge in [0.25, 0.3) is 0 Å². The Balaban J connectivity index is 1.46. The summed E-state index contributed by atoms with van der Waals surface area (Å²) < 4.78 is 1.83. The van der Waals surface area contributed by atoms with Gasteiger partial charge in [0.1, 0.15) is 11.6 Å². The largest absolute Gasteiger partial charge is 0.340 e. The molecule has 2 heterocycles. The van der Waals surface area contributed by atoms with E-state index >= 15 is 0 Å². The first-order valence-electron chi connectivity index (χ1n) is 10.0. The average molecular weight is 430 g/mol. The molecule has 4 rings (SSSR count). The van der Waals surface area contributed by atoms with Gasteiger partial charge in [-0.15, -0.1) is 11.3 Å². The second-order valence-corrected chi connectivity index (χ2v) is 8.40. The molecule has 0 aliphatic heterocycles. The van der Waals surface area contributed by atoms with Gasteiger partial charge < -0.3 is 9.88 Å². The number of aromatic nitrogens is 2. The Kier molecular flexibility index (Phi) is 5.82. The van der Waals surface area contributed by atoms with Crippen LogP contribution in [0, 0.1) is 20.8 Å². The van der Waals surface area contributed by atoms with Crippen molar-refractivity contribution in [1.29, 1.82) is 0 Å². The Morgan fingerprint density at radius 1 is 1.00 bits per heavy atom. The molecule has 0 aliphatic carbocycles. The highest BCUT2D eigenvalue weighted by Crippen LogP contribution is 2.31. The van der Waals surface area contributed by atoms with Crippen molar-refractivity contribution in [2.75, 3.05) is 5.32 Å². The van der Waals surface area contributed by atoms with Crippen molar-refractivity contribution in [2.24, 2.45) is 0 Å². The van der Waals surface area contributed by atoms with E-state index in [1.54, 1.807) is 11.3 Å². The lowest BCUT2D eigenvalue weighted by molar-refractivity contribution is -0.116. The number of benzene rings is 2. The maximum absolute atomic E-state index is 12.5. The number of carbonyl (C=O) groups excluding carboxylic acids is 1. The second kappa shape index (κ2) is 8.70. The third-order valence-electron chi connectivity index (χ3n) is 5.20. The fourth-order valence-corrected chi connectivity index (χ4v) is 4.47. The summed E-state index contributed by atoms with van der Waals surface area (Å²) in [6, 6.07) is 19.0. The lowest BCUT2D eigenvalue weighted by atomic mass is 10.1. The summed E-state index contributed by atoms with van der Waals surface area (Å²) >= 11 is 1.63. The van der Waals surface area contributed by atoms with Crippen molar-refractivity contribution in [3.05, 3.63) is 93.2 Å². The van der Waals surface area contributed by atoms with E-state index < -0.39 is 0 Å². The van der Waals surface area contributed by atoms with Gasteiger partial charge in [0.05, 0.1) is 5.69 Å². The third kappa shape index (κ3) is 4.64. The molecule has 5 nitrogen and oxygen atoms in total. The van der Waals surface area contributed by atoms with E-state index in [2.05, 4.69) is 29.8 Å². The SMILES string of the molecule is Cc1ccccc1-c1nc(-c2ccc(NC(=O)Cn3c(C)cc(=O)cc3C)cc2)cs1. The van der Waals surface area contributed by atoms with E-state index in [0.29, 0.717) is 0 Å². The summed E-state index contributed by atoms with van der Waals surface area (Å²) in [5, 5.41) is 5.97. The fourth-order valence-electron chi connectivity index (χ4n) is 3.55. The van der Waals surface area contributed by atoms with Gasteiger partial charge in [-0.25, -0.2) is 4.98 Å². The summed E-state index contributed by atoms with van der Waals surface area (Å²) in [5.74, 6) is -0.141. The summed E-state index contributed by atoms with van der Waals surface area (Å²) in [4.78, 5) is 28.9. The molecule has 0 saturated heterocycles. The zero-order chi connectivity index (χ0) is 22.0. The van der Waals surface area contributed by atoms with Crippen LogP contribution in [0.3, 0.4) is 0 Å². The Hall–Kier alpha value is -3.51. The number of anilines is 1. The van der Waals surface area contributed by atoms with Crippen LogP contribution in [0.5, 0.6) is 0 Å². The van der Waals surface area contributed by atoms with Gasteiger partial charge >= 0.3 is 0 Å². The van der Waals surface area contributed by atoms with E-state index in [9.17, 15) is 9.59 Å². The smallest absolute Gasteiger partial charge is 0.244 e. The first kappa shape index (κ1) is 20.8. The van der Waals surface area contributed by atoms with Gasteiger partial charge in [-0.1, -0.05) is 36.4 Å². The summed E-state index contributed by atoms with van der Waals surface area (Å²) in [5.41, 5.74) is 6.48. The monoisotopic (exact) mass is 429 g/mol. The number of nitrogens with one attached hydrogen (secondary N) is 1. The number of hydrogen-bond acceptors (Lipinski definition) is 4. The molecule has 1 N–H and O–H groups in total. The number of amides is 1. The average Bonchev–Trinajstić information content (AvgIpc) is 3.21. The molecule has 4 aromatic rings. The van der Waals surface area contributed by atoms with Gasteiger partial charge in [-0.3, -0.25) is 9.59 Å². The second-order valence-electron chi connectivity index (χ2n) is 7.54. The van der Waals surface area contributed by atoms with Crippen LogP contribution in [0.15, 0.2) is 70.8 Å². The number of hydrogen-bond donors (Lipinski definition) is 1. The van der Waals surface area contributed by atoms with E-state index in [-0.39, 0.29) is 17.9 Å². The highest BCUT2D eigenvalue weighted by molar-refractivity contribution is 7.13. The van der Waals surface area contributed by atoms with Gasteiger partial charge in [-0.05, 0) is 38.5 Å². The minimum atomic E-state index is -0.141. The number of aryl methyl sites for hydroxylation is 3. The molecule has 0 unspecified atom stereocenters. The summed E-state index contributed by atoms with van der Waals surface area (Å²) in [7, 11) is 0. The molecule has 0 radical (unpaired) electrons. The number of thiazole rings is 1. The van der Waals surface area contributed by atoms with Crippen molar-refractivity contribution in [3.8, 4) is 21.8 Å². The number of nitrogens with zero attached hydrogens (tertiary/aromatic N) is 2. The molecule has 31 heavy (non-hydrogen) atoms. The van der Waals surface area contributed by atoms with Crippen molar-refractivity contribution in [2.45, 2.75) is 27.3 Å². The summed E-state index contributed by atoms with van der Waals surface area (Å²) in [6.45, 7) is 5.90. The van der Waals surface area contributed by atoms with Gasteiger partial charge in [-0.2, -0.15) is 0 Å².